The summed E-state index contributed by atoms with van der Waals surface area (Å²) in [6.07, 6.45) is 10.1. The molecule has 0 saturated heterocycles. The minimum absolute atomic E-state index is 0.664. The monoisotopic (exact) mass is 296 g/mol. The fourth-order valence-electron chi connectivity index (χ4n) is 2.22. The Morgan fingerprint density at radius 2 is 1.91 bits per heavy atom. The zero-order valence-corrected chi connectivity index (χ0v) is 13.2. The van der Waals surface area contributed by atoms with E-state index in [9.17, 15) is 0 Å². The molecule has 4 heteroatoms. The van der Waals surface area contributed by atoms with Crippen LogP contribution in [0, 0.1) is 0 Å². The molecule has 0 radical (unpaired) electrons. The topological polar surface area (TPSA) is 44.2 Å². The molecule has 1 heterocycles. The van der Waals surface area contributed by atoms with E-state index in [1.165, 1.54) is 0 Å². The number of benzene rings is 1. The molecule has 2 aromatic rings. The Bertz CT molecular complexity index is 733. The van der Waals surface area contributed by atoms with Gasteiger partial charge in [-0.3, -0.25) is 0 Å². The predicted molar refractivity (Wildman–Crippen MR) is 89.4 cm³/mol. The van der Waals surface area contributed by atoms with Crippen molar-refractivity contribution in [2.75, 3.05) is 14.2 Å². The Kier molecular flexibility index (Phi) is 5.31. The molecule has 0 aliphatic rings. The van der Waals surface area contributed by atoms with Crippen molar-refractivity contribution in [1.29, 1.82) is 0 Å². The number of hydrogen-bond acceptors (Lipinski definition) is 4. The SMILES string of the molecule is C=C/C=C\C(=C/C)Cc1ncnc2cc(OC)c(OC)cc12. The second-order valence-corrected chi connectivity index (χ2v) is 4.68. The summed E-state index contributed by atoms with van der Waals surface area (Å²) >= 11 is 0. The van der Waals surface area contributed by atoms with Crippen molar-refractivity contribution >= 4 is 10.9 Å². The van der Waals surface area contributed by atoms with E-state index < -0.39 is 0 Å². The van der Waals surface area contributed by atoms with Crippen LogP contribution in [-0.2, 0) is 6.42 Å². The Morgan fingerprint density at radius 3 is 2.55 bits per heavy atom. The first-order valence-electron chi connectivity index (χ1n) is 7.03. The number of rotatable bonds is 6. The molecule has 114 valence electrons. The molecule has 1 aromatic heterocycles. The Balaban J connectivity index is 2.50. The van der Waals surface area contributed by atoms with Gasteiger partial charge < -0.3 is 9.47 Å². The summed E-state index contributed by atoms with van der Waals surface area (Å²) in [6.45, 7) is 5.71. The van der Waals surface area contributed by atoms with Crippen LogP contribution in [0.5, 0.6) is 11.5 Å². The van der Waals surface area contributed by atoms with Gasteiger partial charge in [0, 0.05) is 17.9 Å². The van der Waals surface area contributed by atoms with Crippen molar-refractivity contribution in [3.8, 4) is 11.5 Å². The van der Waals surface area contributed by atoms with E-state index in [1.54, 1.807) is 26.6 Å². The maximum Gasteiger partial charge on any atom is 0.162 e. The zero-order valence-electron chi connectivity index (χ0n) is 13.2. The van der Waals surface area contributed by atoms with E-state index in [0.29, 0.717) is 11.5 Å². The summed E-state index contributed by atoms with van der Waals surface area (Å²) in [6, 6.07) is 3.79. The minimum atomic E-state index is 0.664. The number of nitrogens with zero attached hydrogens (tertiary/aromatic N) is 2. The van der Waals surface area contributed by atoms with Crippen LogP contribution in [0.1, 0.15) is 12.6 Å². The van der Waals surface area contributed by atoms with E-state index >= 15 is 0 Å². The van der Waals surface area contributed by atoms with Crippen LogP contribution in [0.2, 0.25) is 0 Å². The second kappa shape index (κ2) is 7.41. The summed E-state index contributed by atoms with van der Waals surface area (Å²) in [5.74, 6) is 1.34. The van der Waals surface area contributed by atoms with Crippen molar-refractivity contribution in [2.45, 2.75) is 13.3 Å². The van der Waals surface area contributed by atoms with Gasteiger partial charge in [-0.1, -0.05) is 30.9 Å². The number of hydrogen-bond donors (Lipinski definition) is 0. The minimum Gasteiger partial charge on any atom is -0.493 e. The van der Waals surface area contributed by atoms with Gasteiger partial charge in [-0.2, -0.15) is 0 Å². The molecular formula is C18H20N2O2. The molecule has 0 unspecified atom stereocenters. The Hall–Kier alpha value is -2.62. The molecule has 0 N–H and O–H groups in total. The lowest BCUT2D eigenvalue weighted by atomic mass is 10.0. The molecule has 0 aliphatic carbocycles. The third kappa shape index (κ3) is 3.34. The quantitative estimate of drug-likeness (QED) is 0.759. The number of aromatic nitrogens is 2. The van der Waals surface area contributed by atoms with Crippen LogP contribution in [0.3, 0.4) is 0 Å². The number of allylic oxidation sites excluding steroid dienone is 5. The van der Waals surface area contributed by atoms with E-state index in [1.807, 2.05) is 31.2 Å². The van der Waals surface area contributed by atoms with Crippen LogP contribution in [0.4, 0.5) is 0 Å². The summed E-state index contributed by atoms with van der Waals surface area (Å²) < 4.78 is 10.7. The molecule has 0 saturated carbocycles. The van der Waals surface area contributed by atoms with Gasteiger partial charge in [0.05, 0.1) is 25.4 Å². The highest BCUT2D eigenvalue weighted by Gasteiger charge is 2.11. The fourth-order valence-corrected chi connectivity index (χ4v) is 2.22. The van der Waals surface area contributed by atoms with Gasteiger partial charge in [-0.05, 0) is 18.6 Å². The van der Waals surface area contributed by atoms with Gasteiger partial charge >= 0.3 is 0 Å². The van der Waals surface area contributed by atoms with Gasteiger partial charge in [0.25, 0.3) is 0 Å². The van der Waals surface area contributed by atoms with Crippen molar-refractivity contribution in [1.82, 2.24) is 9.97 Å². The summed E-state index contributed by atoms with van der Waals surface area (Å²) in [4.78, 5) is 8.75. The smallest absolute Gasteiger partial charge is 0.162 e. The van der Waals surface area contributed by atoms with Crippen molar-refractivity contribution in [3.05, 3.63) is 60.6 Å². The summed E-state index contributed by atoms with van der Waals surface area (Å²) in [5.41, 5.74) is 2.95. The molecule has 0 fully saturated rings. The van der Waals surface area contributed by atoms with Crippen LogP contribution < -0.4 is 9.47 Å². The van der Waals surface area contributed by atoms with Crippen LogP contribution in [-0.4, -0.2) is 24.2 Å². The van der Waals surface area contributed by atoms with Gasteiger partial charge in [-0.15, -0.1) is 0 Å². The lowest BCUT2D eigenvalue weighted by molar-refractivity contribution is 0.355. The average molecular weight is 296 g/mol. The first-order chi connectivity index (χ1) is 10.7. The van der Waals surface area contributed by atoms with Gasteiger partial charge in [0.15, 0.2) is 11.5 Å². The number of fused-ring (bicyclic) bond motifs is 1. The third-order valence-corrected chi connectivity index (χ3v) is 3.41. The van der Waals surface area contributed by atoms with Gasteiger partial charge in [-0.25, -0.2) is 9.97 Å². The normalized spacial score (nSPS) is 11.9. The van der Waals surface area contributed by atoms with Crippen LogP contribution in [0.15, 0.2) is 54.9 Å². The number of ether oxygens (including phenoxy) is 2. The molecular weight excluding hydrogens is 276 g/mol. The molecule has 2 rings (SSSR count). The molecule has 22 heavy (non-hydrogen) atoms. The second-order valence-electron chi connectivity index (χ2n) is 4.68. The fraction of sp³-hybridized carbons (Fsp3) is 0.222. The first-order valence-corrected chi connectivity index (χ1v) is 7.03. The van der Waals surface area contributed by atoms with Crippen LogP contribution >= 0.6 is 0 Å². The van der Waals surface area contributed by atoms with Crippen molar-refractivity contribution in [2.24, 2.45) is 0 Å². The Labute approximate surface area is 130 Å². The van der Waals surface area contributed by atoms with E-state index in [0.717, 1.165) is 28.6 Å². The molecule has 0 amide bonds. The van der Waals surface area contributed by atoms with Gasteiger partial charge in [0.1, 0.15) is 6.33 Å². The summed E-state index contributed by atoms with van der Waals surface area (Å²) in [5, 5.41) is 0.964. The summed E-state index contributed by atoms with van der Waals surface area (Å²) in [7, 11) is 3.24. The Morgan fingerprint density at radius 1 is 1.18 bits per heavy atom. The van der Waals surface area contributed by atoms with Crippen molar-refractivity contribution in [3.63, 3.8) is 0 Å². The lowest BCUT2D eigenvalue weighted by Gasteiger charge is -2.11. The van der Waals surface area contributed by atoms with Gasteiger partial charge in [0.2, 0.25) is 0 Å². The highest BCUT2D eigenvalue weighted by molar-refractivity contribution is 5.84. The zero-order chi connectivity index (χ0) is 15.9. The number of methoxy groups -OCH3 is 2. The average Bonchev–Trinajstić information content (AvgIpc) is 2.57. The van der Waals surface area contributed by atoms with E-state index in [2.05, 4.69) is 22.6 Å². The van der Waals surface area contributed by atoms with Crippen molar-refractivity contribution < 1.29 is 9.47 Å². The maximum absolute atomic E-state index is 5.37. The molecule has 0 aliphatic heterocycles. The molecule has 0 spiro atoms. The van der Waals surface area contributed by atoms with Crippen LogP contribution in [0.25, 0.3) is 10.9 Å². The molecule has 0 atom stereocenters. The predicted octanol–water partition coefficient (Wildman–Crippen LogP) is 3.88. The highest BCUT2D eigenvalue weighted by atomic mass is 16.5. The van der Waals surface area contributed by atoms with E-state index in [4.69, 9.17) is 9.47 Å². The highest BCUT2D eigenvalue weighted by Crippen LogP contribution is 2.32. The first kappa shape index (κ1) is 15.8. The molecule has 0 bridgehead atoms. The van der Waals surface area contributed by atoms with E-state index in [-0.39, 0.29) is 0 Å². The maximum atomic E-state index is 5.37. The largest absolute Gasteiger partial charge is 0.493 e. The molecule has 4 nitrogen and oxygen atoms in total. The molecule has 1 aromatic carbocycles. The third-order valence-electron chi connectivity index (χ3n) is 3.41. The lowest BCUT2D eigenvalue weighted by Crippen LogP contribution is -1.98. The standard InChI is InChI=1S/C18H20N2O2/c1-5-7-8-13(6-2)9-15-14-10-17(21-3)18(22-4)11-16(14)20-12-19-15/h5-8,10-12H,1,9H2,2-4H3/b8-7-,13-6+.